The Morgan fingerprint density at radius 3 is 2.56 bits per heavy atom. The second-order valence-electron chi connectivity index (χ2n) is 9.02. The first kappa shape index (κ1) is 20.2. The van der Waals surface area contributed by atoms with Gasteiger partial charge in [-0.2, -0.15) is 0 Å². The van der Waals surface area contributed by atoms with Gasteiger partial charge in [-0.1, -0.05) is 20.8 Å². The van der Waals surface area contributed by atoms with E-state index in [0.717, 1.165) is 31.6 Å². The summed E-state index contributed by atoms with van der Waals surface area (Å²) in [5.74, 6) is 0. The van der Waals surface area contributed by atoms with Crippen molar-refractivity contribution >= 4 is 17.4 Å². The quantitative estimate of drug-likeness (QED) is 0.864. The Labute approximate surface area is 156 Å². The molecule has 0 aliphatic carbocycles. The lowest BCUT2D eigenvalue weighted by molar-refractivity contribution is 0.00931. The Bertz CT molecular complexity index is 586. The normalized spacial score (nSPS) is 22.1. The number of thiazole rings is 1. The predicted octanol–water partition coefficient (Wildman–Crippen LogP) is 4.32. The topological polar surface area (TPSA) is 54.5 Å². The van der Waals surface area contributed by atoms with Crippen LogP contribution >= 0.6 is 11.3 Å². The second kappa shape index (κ2) is 7.62. The highest BCUT2D eigenvalue weighted by Gasteiger charge is 2.31. The molecule has 2 heterocycles. The monoisotopic (exact) mass is 367 g/mol. The maximum atomic E-state index is 12.3. The molecule has 2 unspecified atom stereocenters. The SMILES string of the molecule is CC1CC(NCc2csc(C(C)(C)C)n2)CCN1C(=O)OC(C)(C)C. The largest absolute Gasteiger partial charge is 0.444 e. The number of carbonyl (C=O) groups excluding carboxylic acids is 1. The van der Waals surface area contributed by atoms with Gasteiger partial charge in [0.15, 0.2) is 0 Å². The van der Waals surface area contributed by atoms with Crippen molar-refractivity contribution in [2.75, 3.05) is 6.54 Å². The number of aromatic nitrogens is 1. The second-order valence-corrected chi connectivity index (χ2v) is 9.88. The number of hydrogen-bond acceptors (Lipinski definition) is 5. The molecule has 0 spiro atoms. The van der Waals surface area contributed by atoms with Gasteiger partial charge in [0.1, 0.15) is 5.60 Å². The van der Waals surface area contributed by atoms with Crippen molar-refractivity contribution in [3.63, 3.8) is 0 Å². The summed E-state index contributed by atoms with van der Waals surface area (Å²) in [5, 5.41) is 6.93. The summed E-state index contributed by atoms with van der Waals surface area (Å²) in [7, 11) is 0. The van der Waals surface area contributed by atoms with E-state index in [0.29, 0.717) is 6.04 Å². The van der Waals surface area contributed by atoms with Crippen LogP contribution in [0.4, 0.5) is 4.79 Å². The van der Waals surface area contributed by atoms with Crippen molar-refractivity contribution < 1.29 is 9.53 Å². The van der Waals surface area contributed by atoms with Crippen LogP contribution in [0.25, 0.3) is 0 Å². The maximum Gasteiger partial charge on any atom is 0.410 e. The van der Waals surface area contributed by atoms with Crippen molar-refractivity contribution in [1.82, 2.24) is 15.2 Å². The molecule has 142 valence electrons. The summed E-state index contributed by atoms with van der Waals surface area (Å²) in [6, 6.07) is 0.593. The first-order chi connectivity index (χ1) is 11.5. The van der Waals surface area contributed by atoms with Gasteiger partial charge < -0.3 is 15.0 Å². The molecule has 0 aromatic carbocycles. The Morgan fingerprint density at radius 1 is 1.36 bits per heavy atom. The molecule has 1 aromatic heterocycles. The van der Waals surface area contributed by atoms with Crippen LogP contribution in [0.3, 0.4) is 0 Å². The lowest BCUT2D eigenvalue weighted by Crippen LogP contribution is -2.50. The van der Waals surface area contributed by atoms with Gasteiger partial charge in [-0.15, -0.1) is 11.3 Å². The number of hydrogen-bond donors (Lipinski definition) is 1. The van der Waals surface area contributed by atoms with E-state index >= 15 is 0 Å². The number of amides is 1. The molecule has 0 bridgehead atoms. The summed E-state index contributed by atoms with van der Waals surface area (Å²) in [5.41, 5.74) is 0.773. The third-order valence-corrected chi connectivity index (χ3v) is 5.59. The fraction of sp³-hybridized carbons (Fsp3) is 0.789. The van der Waals surface area contributed by atoms with E-state index < -0.39 is 5.60 Å². The molecule has 1 N–H and O–H groups in total. The van der Waals surface area contributed by atoms with E-state index in [1.807, 2.05) is 25.7 Å². The van der Waals surface area contributed by atoms with Crippen molar-refractivity contribution in [2.24, 2.45) is 0 Å². The van der Waals surface area contributed by atoms with Gasteiger partial charge in [0.25, 0.3) is 0 Å². The third-order valence-electron chi connectivity index (χ3n) is 4.27. The molecule has 5 nitrogen and oxygen atoms in total. The van der Waals surface area contributed by atoms with Crippen molar-refractivity contribution in [1.29, 1.82) is 0 Å². The van der Waals surface area contributed by atoms with Crippen LogP contribution in [0.5, 0.6) is 0 Å². The molecule has 6 heteroatoms. The Balaban J connectivity index is 1.83. The number of piperidine rings is 1. The van der Waals surface area contributed by atoms with Crippen LogP contribution in [0, 0.1) is 0 Å². The number of likely N-dealkylation sites (tertiary alicyclic amines) is 1. The van der Waals surface area contributed by atoms with Crippen LogP contribution in [0.2, 0.25) is 0 Å². The van der Waals surface area contributed by atoms with Gasteiger partial charge in [-0.25, -0.2) is 9.78 Å². The molecule has 0 radical (unpaired) electrons. The van der Waals surface area contributed by atoms with E-state index in [2.05, 4.69) is 38.4 Å². The Hall–Kier alpha value is -1.14. The van der Waals surface area contributed by atoms with Gasteiger partial charge in [0, 0.05) is 36.0 Å². The molecule has 1 aromatic rings. The average Bonchev–Trinajstić information content (AvgIpc) is 2.92. The molecule has 1 aliphatic rings. The van der Waals surface area contributed by atoms with Gasteiger partial charge in [-0.05, 0) is 40.5 Å². The number of carbonyl (C=O) groups is 1. The molecule has 2 rings (SSSR count). The molecule has 2 atom stereocenters. The molecule has 25 heavy (non-hydrogen) atoms. The third kappa shape index (κ3) is 5.96. The van der Waals surface area contributed by atoms with Gasteiger partial charge in [0.2, 0.25) is 0 Å². The van der Waals surface area contributed by atoms with E-state index in [4.69, 9.17) is 9.72 Å². The van der Waals surface area contributed by atoms with Gasteiger partial charge >= 0.3 is 6.09 Å². The van der Waals surface area contributed by atoms with E-state index in [1.54, 1.807) is 11.3 Å². The van der Waals surface area contributed by atoms with Gasteiger partial charge in [-0.3, -0.25) is 0 Å². The zero-order valence-corrected chi connectivity index (χ0v) is 17.5. The Morgan fingerprint density at radius 2 is 2.04 bits per heavy atom. The summed E-state index contributed by atoms with van der Waals surface area (Å²) >= 11 is 1.73. The summed E-state index contributed by atoms with van der Waals surface area (Å²) in [6.45, 7) is 15.9. The van der Waals surface area contributed by atoms with Crippen LogP contribution < -0.4 is 5.32 Å². The minimum Gasteiger partial charge on any atom is -0.444 e. The van der Waals surface area contributed by atoms with Crippen LogP contribution in [0.1, 0.15) is 72.0 Å². The number of ether oxygens (including phenoxy) is 1. The highest BCUT2D eigenvalue weighted by atomic mass is 32.1. The zero-order chi connectivity index (χ0) is 18.8. The number of nitrogens with zero attached hydrogens (tertiary/aromatic N) is 2. The zero-order valence-electron chi connectivity index (χ0n) is 16.7. The fourth-order valence-corrected chi connectivity index (χ4v) is 3.84. The highest BCUT2D eigenvalue weighted by molar-refractivity contribution is 7.09. The molecule has 1 aliphatic heterocycles. The lowest BCUT2D eigenvalue weighted by atomic mass is 9.98. The summed E-state index contributed by atoms with van der Waals surface area (Å²) in [4.78, 5) is 18.9. The summed E-state index contributed by atoms with van der Waals surface area (Å²) in [6.07, 6.45) is 1.68. The smallest absolute Gasteiger partial charge is 0.410 e. The average molecular weight is 368 g/mol. The standard InChI is InChI=1S/C19H33N3O2S/c1-13-10-14(8-9-22(13)17(23)24-19(5,6)7)20-11-15-12-25-16(21-15)18(2,3)4/h12-14,20H,8-11H2,1-7H3. The highest BCUT2D eigenvalue weighted by Crippen LogP contribution is 2.26. The van der Waals surface area contributed by atoms with Crippen molar-refractivity contribution in [3.8, 4) is 0 Å². The van der Waals surface area contributed by atoms with E-state index in [1.165, 1.54) is 5.01 Å². The first-order valence-corrected chi connectivity index (χ1v) is 10.0. The van der Waals surface area contributed by atoms with E-state index in [9.17, 15) is 4.79 Å². The van der Waals surface area contributed by atoms with Crippen LogP contribution in [-0.4, -0.2) is 40.2 Å². The minimum atomic E-state index is -0.443. The molecule has 1 fully saturated rings. The lowest BCUT2D eigenvalue weighted by Gasteiger charge is -2.38. The molecular formula is C19H33N3O2S. The van der Waals surface area contributed by atoms with Crippen molar-refractivity contribution in [2.45, 2.75) is 91.0 Å². The number of nitrogens with one attached hydrogen (secondary N) is 1. The van der Waals surface area contributed by atoms with E-state index in [-0.39, 0.29) is 17.6 Å². The Kier molecular flexibility index (Phi) is 6.15. The van der Waals surface area contributed by atoms with Crippen LogP contribution in [-0.2, 0) is 16.7 Å². The predicted molar refractivity (Wildman–Crippen MR) is 103 cm³/mol. The molecule has 1 saturated heterocycles. The maximum absolute atomic E-state index is 12.3. The minimum absolute atomic E-state index is 0.107. The fourth-order valence-electron chi connectivity index (χ4n) is 2.93. The van der Waals surface area contributed by atoms with Crippen molar-refractivity contribution in [3.05, 3.63) is 16.1 Å². The van der Waals surface area contributed by atoms with Crippen LogP contribution in [0.15, 0.2) is 5.38 Å². The number of rotatable bonds is 3. The molecular weight excluding hydrogens is 334 g/mol. The molecule has 1 amide bonds. The van der Waals surface area contributed by atoms with Gasteiger partial charge in [0.05, 0.1) is 10.7 Å². The summed E-state index contributed by atoms with van der Waals surface area (Å²) < 4.78 is 5.50. The first-order valence-electron chi connectivity index (χ1n) is 9.13. The molecule has 0 saturated carbocycles.